The number of amides is 1. The first-order valence-electron chi connectivity index (χ1n) is 7.80. The number of rotatable bonds is 8. The summed E-state index contributed by atoms with van der Waals surface area (Å²) in [7, 11) is 0. The molecule has 0 aliphatic carbocycles. The van der Waals surface area contributed by atoms with E-state index in [2.05, 4.69) is 15.5 Å². The van der Waals surface area contributed by atoms with Gasteiger partial charge in [0.2, 0.25) is 5.91 Å². The number of thioether (sulfide) groups is 1. The maximum atomic E-state index is 12.3. The Morgan fingerprint density at radius 2 is 2.20 bits per heavy atom. The van der Waals surface area contributed by atoms with Crippen molar-refractivity contribution in [2.45, 2.75) is 43.6 Å². The van der Waals surface area contributed by atoms with Crippen molar-refractivity contribution in [2.24, 2.45) is 0 Å². The summed E-state index contributed by atoms with van der Waals surface area (Å²) in [5.74, 6) is -0.406. The predicted molar refractivity (Wildman–Crippen MR) is 94.8 cm³/mol. The van der Waals surface area contributed by atoms with E-state index in [1.807, 2.05) is 6.92 Å². The van der Waals surface area contributed by atoms with Crippen molar-refractivity contribution in [1.29, 1.82) is 0 Å². The van der Waals surface area contributed by atoms with Crippen LogP contribution in [0.25, 0.3) is 0 Å². The van der Waals surface area contributed by atoms with E-state index in [0.717, 1.165) is 24.6 Å². The van der Waals surface area contributed by atoms with E-state index in [9.17, 15) is 19.7 Å². The second-order valence-electron chi connectivity index (χ2n) is 5.34. The van der Waals surface area contributed by atoms with Crippen LogP contribution in [0.4, 0.5) is 11.4 Å². The largest absolute Gasteiger partial charge is 0.343 e. The van der Waals surface area contributed by atoms with Gasteiger partial charge < -0.3 is 5.32 Å². The molecule has 0 saturated carbocycles. The van der Waals surface area contributed by atoms with Crippen LogP contribution < -0.4 is 11.0 Å². The number of hydrogen-bond acceptors (Lipinski definition) is 6. The fraction of sp³-hybridized carbons (Fsp3) is 0.400. The molecule has 1 amide bonds. The van der Waals surface area contributed by atoms with E-state index >= 15 is 0 Å². The van der Waals surface area contributed by atoms with Crippen LogP contribution in [0.2, 0.25) is 0 Å². The fourth-order valence-electron chi connectivity index (χ4n) is 2.09. The lowest BCUT2D eigenvalue weighted by molar-refractivity contribution is -0.383. The molecule has 0 spiro atoms. The second-order valence-corrected chi connectivity index (χ2v) is 6.65. The van der Waals surface area contributed by atoms with Gasteiger partial charge >= 0.3 is 5.69 Å². The average molecular weight is 365 g/mol. The number of hydrogen-bond donors (Lipinski definition) is 2. The average Bonchev–Trinajstić information content (AvgIpc) is 2.93. The molecule has 1 heterocycles. The third-order valence-electron chi connectivity index (χ3n) is 3.47. The Bertz CT molecular complexity index is 816. The molecule has 0 radical (unpaired) electrons. The highest BCUT2D eigenvalue weighted by Crippen LogP contribution is 2.26. The van der Waals surface area contributed by atoms with Gasteiger partial charge in [0.15, 0.2) is 5.16 Å². The number of nitrogens with zero attached hydrogens (tertiary/aromatic N) is 3. The quantitative estimate of drug-likeness (QED) is 0.421. The van der Waals surface area contributed by atoms with Gasteiger partial charge in [0.1, 0.15) is 5.69 Å². The molecule has 0 aliphatic heterocycles. The lowest BCUT2D eigenvalue weighted by Crippen LogP contribution is -2.24. The van der Waals surface area contributed by atoms with Gasteiger partial charge in [-0.2, -0.15) is 0 Å². The van der Waals surface area contributed by atoms with E-state index in [1.165, 1.54) is 22.8 Å². The van der Waals surface area contributed by atoms with Gasteiger partial charge in [-0.1, -0.05) is 37.2 Å². The monoisotopic (exact) mass is 365 g/mol. The number of benzene rings is 1. The summed E-state index contributed by atoms with van der Waals surface area (Å²) >= 11 is 1.12. The fourth-order valence-corrected chi connectivity index (χ4v) is 2.97. The van der Waals surface area contributed by atoms with Gasteiger partial charge in [-0.25, -0.2) is 9.89 Å². The number of aromatic nitrogens is 3. The van der Waals surface area contributed by atoms with Crippen LogP contribution in [0.3, 0.4) is 0 Å². The van der Waals surface area contributed by atoms with Crippen molar-refractivity contribution in [3.8, 4) is 0 Å². The molecule has 10 heteroatoms. The molecule has 9 nitrogen and oxygen atoms in total. The minimum absolute atomic E-state index is 0.135. The highest BCUT2D eigenvalue weighted by molar-refractivity contribution is 8.00. The van der Waals surface area contributed by atoms with E-state index in [0.29, 0.717) is 11.7 Å². The number of nitro groups is 1. The highest BCUT2D eigenvalue weighted by Gasteiger charge is 2.21. The number of nitrogens with one attached hydrogen (secondary N) is 2. The van der Waals surface area contributed by atoms with Crippen LogP contribution >= 0.6 is 11.8 Å². The third kappa shape index (κ3) is 4.69. The molecule has 134 valence electrons. The summed E-state index contributed by atoms with van der Waals surface area (Å²) in [6.07, 6.45) is 1.75. The van der Waals surface area contributed by atoms with E-state index in [-0.39, 0.29) is 17.1 Å². The Morgan fingerprint density at radius 3 is 2.88 bits per heavy atom. The molecular weight excluding hydrogens is 346 g/mol. The van der Waals surface area contributed by atoms with Gasteiger partial charge in [-0.3, -0.25) is 19.5 Å². The first-order chi connectivity index (χ1) is 11.9. The Balaban J connectivity index is 2.09. The number of para-hydroxylation sites is 2. The number of anilines is 1. The molecule has 0 bridgehead atoms. The summed E-state index contributed by atoms with van der Waals surface area (Å²) in [5, 5.41) is 19.7. The van der Waals surface area contributed by atoms with Crippen molar-refractivity contribution in [2.75, 3.05) is 5.32 Å². The third-order valence-corrected chi connectivity index (χ3v) is 4.56. The molecule has 1 aromatic carbocycles. The van der Waals surface area contributed by atoms with Crippen molar-refractivity contribution in [3.63, 3.8) is 0 Å². The van der Waals surface area contributed by atoms with Crippen molar-refractivity contribution in [3.05, 3.63) is 44.9 Å². The normalized spacial score (nSPS) is 11.9. The Hall–Kier alpha value is -2.62. The van der Waals surface area contributed by atoms with Gasteiger partial charge in [0.05, 0.1) is 10.2 Å². The summed E-state index contributed by atoms with van der Waals surface area (Å²) in [6.45, 7) is 4.19. The van der Waals surface area contributed by atoms with Gasteiger partial charge in [-0.05, 0) is 19.4 Å². The number of nitro benzene ring substituents is 1. The van der Waals surface area contributed by atoms with Gasteiger partial charge in [-0.15, -0.1) is 5.10 Å². The van der Waals surface area contributed by atoms with E-state index < -0.39 is 16.1 Å². The lowest BCUT2D eigenvalue weighted by Gasteiger charge is -2.12. The van der Waals surface area contributed by atoms with Crippen molar-refractivity contribution in [1.82, 2.24) is 14.8 Å². The topological polar surface area (TPSA) is 123 Å². The molecule has 0 fully saturated rings. The zero-order valence-corrected chi connectivity index (χ0v) is 14.7. The molecule has 0 aliphatic rings. The summed E-state index contributed by atoms with van der Waals surface area (Å²) in [5.41, 5.74) is -0.356. The van der Waals surface area contributed by atoms with E-state index in [4.69, 9.17) is 0 Å². The summed E-state index contributed by atoms with van der Waals surface area (Å²) < 4.78 is 1.49. The van der Waals surface area contributed by atoms with Crippen LogP contribution in [0, 0.1) is 10.1 Å². The molecule has 2 N–H and O–H groups in total. The van der Waals surface area contributed by atoms with Crippen LogP contribution in [-0.4, -0.2) is 30.8 Å². The molecule has 25 heavy (non-hydrogen) atoms. The zero-order chi connectivity index (χ0) is 18.4. The number of aromatic amines is 1. The van der Waals surface area contributed by atoms with Crippen LogP contribution in [0.5, 0.6) is 0 Å². The van der Waals surface area contributed by atoms with E-state index in [1.54, 1.807) is 13.0 Å². The summed E-state index contributed by atoms with van der Waals surface area (Å²) in [4.78, 5) is 34.6. The lowest BCUT2D eigenvalue weighted by atomic mass is 10.2. The first-order valence-corrected chi connectivity index (χ1v) is 8.68. The standard InChI is InChI=1S/C15H19N5O4S/c1-3-4-9-19-14(22)17-18-15(19)25-10(2)13(21)16-11-7-5-6-8-12(11)20(23)24/h5-8,10H,3-4,9H2,1-2H3,(H,16,21)(H,17,22). The molecule has 2 rings (SSSR count). The SMILES string of the molecule is CCCCn1c(SC(C)C(=O)Nc2ccccc2[N+](=O)[O-])n[nH]c1=O. The molecular formula is C15H19N5O4S. The molecule has 2 aromatic rings. The highest BCUT2D eigenvalue weighted by atomic mass is 32.2. The van der Waals surface area contributed by atoms with Crippen LogP contribution in [0.15, 0.2) is 34.2 Å². The van der Waals surface area contributed by atoms with Crippen LogP contribution in [0.1, 0.15) is 26.7 Å². The number of H-pyrrole nitrogens is 1. The van der Waals surface area contributed by atoms with Crippen LogP contribution in [-0.2, 0) is 11.3 Å². The van der Waals surface area contributed by atoms with Gasteiger partial charge in [0, 0.05) is 12.6 Å². The molecule has 1 aromatic heterocycles. The number of carbonyl (C=O) groups is 1. The molecule has 1 atom stereocenters. The second kappa shape index (κ2) is 8.47. The van der Waals surface area contributed by atoms with Crippen molar-refractivity contribution < 1.29 is 9.72 Å². The van der Waals surface area contributed by atoms with Crippen molar-refractivity contribution >= 4 is 29.0 Å². The number of unbranched alkanes of at least 4 members (excludes halogenated alkanes) is 1. The minimum atomic E-state index is -0.588. The first kappa shape index (κ1) is 18.7. The molecule has 0 saturated heterocycles. The molecule has 1 unspecified atom stereocenters. The predicted octanol–water partition coefficient (Wildman–Crippen LogP) is 2.40. The number of carbonyl (C=O) groups excluding carboxylic acids is 1. The maximum Gasteiger partial charge on any atom is 0.343 e. The Labute approximate surface area is 148 Å². The smallest absolute Gasteiger partial charge is 0.319 e. The maximum absolute atomic E-state index is 12.3. The summed E-state index contributed by atoms with van der Waals surface area (Å²) in [6, 6.07) is 5.93. The Kier molecular flexibility index (Phi) is 6.34. The Morgan fingerprint density at radius 1 is 1.48 bits per heavy atom. The minimum Gasteiger partial charge on any atom is -0.319 e. The zero-order valence-electron chi connectivity index (χ0n) is 13.9. The van der Waals surface area contributed by atoms with Gasteiger partial charge in [0.25, 0.3) is 5.69 Å².